The summed E-state index contributed by atoms with van der Waals surface area (Å²) in [6.07, 6.45) is 0.402. The average molecular weight is 348 g/mol. The van der Waals surface area contributed by atoms with Crippen LogP contribution in [0, 0.1) is 0 Å². The number of imide groups is 1. The van der Waals surface area contributed by atoms with E-state index in [9.17, 15) is 19.2 Å². The van der Waals surface area contributed by atoms with E-state index in [0.29, 0.717) is 17.7 Å². The molecule has 0 radical (unpaired) electrons. The van der Waals surface area contributed by atoms with Gasteiger partial charge >= 0.3 is 12.0 Å². The minimum absolute atomic E-state index is 0.363. The summed E-state index contributed by atoms with van der Waals surface area (Å²) in [4.78, 5) is 48.6. The van der Waals surface area contributed by atoms with Crippen molar-refractivity contribution in [3.63, 3.8) is 0 Å². The van der Waals surface area contributed by atoms with E-state index in [1.54, 1.807) is 38.1 Å². The number of nitrogens with zero attached hydrogens (tertiary/aromatic N) is 1. The molecule has 8 nitrogen and oxygen atoms in total. The first-order chi connectivity index (χ1) is 11.8. The molecule has 2 rings (SSSR count). The van der Waals surface area contributed by atoms with Crippen molar-refractivity contribution in [1.82, 2.24) is 10.2 Å². The Morgan fingerprint density at radius 1 is 1.20 bits per heavy atom. The lowest BCUT2D eigenvalue weighted by Crippen LogP contribution is -2.43. The molecule has 0 saturated carbocycles. The van der Waals surface area contributed by atoms with E-state index in [2.05, 4.69) is 5.32 Å². The van der Waals surface area contributed by atoms with Gasteiger partial charge in [0.1, 0.15) is 17.8 Å². The van der Waals surface area contributed by atoms with E-state index in [4.69, 9.17) is 9.47 Å². The van der Waals surface area contributed by atoms with Crippen molar-refractivity contribution in [2.75, 3.05) is 20.3 Å². The molecule has 134 valence electrons. The van der Waals surface area contributed by atoms with Crippen LogP contribution in [0.3, 0.4) is 0 Å². The standard InChI is InChI=1S/C17H20N2O6/c1-4-17(2)15(22)19(16(23)18-17)9-14(21)25-10-13(20)11-5-7-12(24-3)8-6-11/h5-8H,4,9-10H2,1-3H3,(H,18,23)/t17-/m1/s1. The number of carbonyl (C=O) groups excluding carboxylic acids is 4. The highest BCUT2D eigenvalue weighted by atomic mass is 16.5. The van der Waals surface area contributed by atoms with Crippen molar-refractivity contribution in [1.29, 1.82) is 0 Å². The van der Waals surface area contributed by atoms with Crippen molar-refractivity contribution < 1.29 is 28.7 Å². The molecule has 1 aliphatic heterocycles. The fourth-order valence-electron chi connectivity index (χ4n) is 2.31. The Bertz CT molecular complexity index is 700. The van der Waals surface area contributed by atoms with Gasteiger partial charge < -0.3 is 14.8 Å². The van der Waals surface area contributed by atoms with Gasteiger partial charge in [-0.2, -0.15) is 0 Å². The topological polar surface area (TPSA) is 102 Å². The van der Waals surface area contributed by atoms with Gasteiger partial charge in [-0.05, 0) is 37.6 Å². The summed E-state index contributed by atoms with van der Waals surface area (Å²) in [6, 6.07) is 5.70. The molecule has 3 amide bonds. The third-order valence-corrected chi connectivity index (χ3v) is 4.12. The third-order valence-electron chi connectivity index (χ3n) is 4.12. The monoisotopic (exact) mass is 348 g/mol. The number of ketones is 1. The summed E-state index contributed by atoms with van der Waals surface area (Å²) in [7, 11) is 1.51. The van der Waals surface area contributed by atoms with Crippen LogP contribution in [-0.4, -0.2) is 54.4 Å². The number of ether oxygens (including phenoxy) is 2. The maximum absolute atomic E-state index is 12.2. The lowest BCUT2D eigenvalue weighted by atomic mass is 9.99. The molecule has 1 aliphatic rings. The van der Waals surface area contributed by atoms with Crippen molar-refractivity contribution in [2.24, 2.45) is 0 Å². The van der Waals surface area contributed by atoms with E-state index in [-0.39, 0.29) is 0 Å². The van der Waals surface area contributed by atoms with E-state index in [1.165, 1.54) is 7.11 Å². The van der Waals surface area contributed by atoms with Crippen LogP contribution in [0.25, 0.3) is 0 Å². The Balaban J connectivity index is 1.89. The van der Waals surface area contributed by atoms with Crippen molar-refractivity contribution in [3.8, 4) is 5.75 Å². The van der Waals surface area contributed by atoms with Crippen LogP contribution in [0.1, 0.15) is 30.6 Å². The van der Waals surface area contributed by atoms with Gasteiger partial charge in [0.05, 0.1) is 7.11 Å². The van der Waals surface area contributed by atoms with Crippen LogP contribution >= 0.6 is 0 Å². The molecule has 0 aromatic heterocycles. The third kappa shape index (κ3) is 3.96. The number of carbonyl (C=O) groups is 4. The van der Waals surface area contributed by atoms with Crippen LogP contribution in [0.2, 0.25) is 0 Å². The van der Waals surface area contributed by atoms with Gasteiger partial charge in [0, 0.05) is 5.56 Å². The molecule has 0 bridgehead atoms. The smallest absolute Gasteiger partial charge is 0.326 e. The molecule has 1 aromatic rings. The molecule has 1 aromatic carbocycles. The largest absolute Gasteiger partial charge is 0.497 e. The molecule has 1 saturated heterocycles. The number of hydrogen-bond donors (Lipinski definition) is 1. The van der Waals surface area contributed by atoms with E-state index >= 15 is 0 Å². The predicted molar refractivity (Wildman–Crippen MR) is 87.2 cm³/mol. The minimum Gasteiger partial charge on any atom is -0.497 e. The van der Waals surface area contributed by atoms with Crippen LogP contribution in [0.15, 0.2) is 24.3 Å². The Morgan fingerprint density at radius 2 is 1.84 bits per heavy atom. The normalized spacial score (nSPS) is 19.6. The second-order valence-corrected chi connectivity index (χ2v) is 5.82. The Kier molecular flexibility index (Phi) is 5.41. The number of benzene rings is 1. The van der Waals surface area contributed by atoms with Crippen molar-refractivity contribution in [2.45, 2.75) is 25.8 Å². The highest BCUT2D eigenvalue weighted by Crippen LogP contribution is 2.20. The molecular weight excluding hydrogens is 328 g/mol. The number of rotatable bonds is 7. The van der Waals surface area contributed by atoms with Crippen LogP contribution in [0.5, 0.6) is 5.75 Å². The molecule has 1 N–H and O–H groups in total. The summed E-state index contributed by atoms with van der Waals surface area (Å²) in [5.74, 6) is -1.11. The zero-order valence-electron chi connectivity index (χ0n) is 14.3. The molecular formula is C17H20N2O6. The Hall–Kier alpha value is -2.90. The molecule has 1 heterocycles. The highest BCUT2D eigenvalue weighted by Gasteiger charge is 2.47. The quantitative estimate of drug-likeness (QED) is 0.450. The lowest BCUT2D eigenvalue weighted by molar-refractivity contribution is -0.146. The van der Waals surface area contributed by atoms with Crippen molar-refractivity contribution >= 4 is 23.7 Å². The van der Waals surface area contributed by atoms with Gasteiger partial charge in [0.15, 0.2) is 12.4 Å². The van der Waals surface area contributed by atoms with E-state index in [0.717, 1.165) is 4.90 Å². The molecule has 25 heavy (non-hydrogen) atoms. The van der Waals surface area contributed by atoms with Gasteiger partial charge in [0.2, 0.25) is 0 Å². The molecule has 0 aliphatic carbocycles. The fourth-order valence-corrected chi connectivity index (χ4v) is 2.31. The lowest BCUT2D eigenvalue weighted by Gasteiger charge is -2.18. The summed E-state index contributed by atoms with van der Waals surface area (Å²) >= 11 is 0. The molecule has 1 fully saturated rings. The average Bonchev–Trinajstić information content (AvgIpc) is 2.83. The summed E-state index contributed by atoms with van der Waals surface area (Å²) < 4.78 is 9.88. The van der Waals surface area contributed by atoms with Gasteiger partial charge in [-0.15, -0.1) is 0 Å². The number of Topliss-reactive ketones (excluding diaryl/α,β-unsaturated/α-hetero) is 1. The van der Waals surface area contributed by atoms with Gasteiger partial charge in [-0.25, -0.2) is 4.79 Å². The maximum atomic E-state index is 12.2. The summed E-state index contributed by atoms with van der Waals surface area (Å²) in [5, 5.41) is 2.54. The Morgan fingerprint density at radius 3 is 2.36 bits per heavy atom. The molecule has 1 atom stereocenters. The minimum atomic E-state index is -1.02. The number of nitrogens with one attached hydrogen (secondary N) is 1. The zero-order chi connectivity index (χ0) is 18.6. The Labute approximate surface area is 145 Å². The first-order valence-electron chi connectivity index (χ1n) is 7.77. The summed E-state index contributed by atoms with van der Waals surface area (Å²) in [5.41, 5.74) is -0.654. The molecule has 0 spiro atoms. The SMILES string of the molecule is CC[C@@]1(C)NC(=O)N(CC(=O)OCC(=O)c2ccc(OC)cc2)C1=O. The second kappa shape index (κ2) is 7.33. The maximum Gasteiger partial charge on any atom is 0.326 e. The first kappa shape index (κ1) is 18.4. The zero-order valence-corrected chi connectivity index (χ0v) is 14.3. The van der Waals surface area contributed by atoms with Crippen LogP contribution in [-0.2, 0) is 14.3 Å². The second-order valence-electron chi connectivity index (χ2n) is 5.82. The molecule has 0 unspecified atom stereocenters. The fraction of sp³-hybridized carbons (Fsp3) is 0.412. The van der Waals surface area contributed by atoms with Crippen LogP contribution < -0.4 is 10.1 Å². The van der Waals surface area contributed by atoms with Crippen LogP contribution in [0.4, 0.5) is 4.79 Å². The number of methoxy groups -OCH3 is 1. The highest BCUT2D eigenvalue weighted by molar-refractivity contribution is 6.08. The van der Waals surface area contributed by atoms with Gasteiger partial charge in [-0.3, -0.25) is 19.3 Å². The number of esters is 1. The van der Waals surface area contributed by atoms with Gasteiger partial charge in [0.25, 0.3) is 5.91 Å². The van der Waals surface area contributed by atoms with E-state index in [1.807, 2.05) is 0 Å². The first-order valence-corrected chi connectivity index (χ1v) is 7.77. The van der Waals surface area contributed by atoms with E-state index < -0.39 is 42.4 Å². The predicted octanol–water partition coefficient (Wildman–Crippen LogP) is 1.14. The number of amides is 3. The number of urea groups is 1. The van der Waals surface area contributed by atoms with Gasteiger partial charge in [-0.1, -0.05) is 6.92 Å². The molecule has 8 heteroatoms. The van der Waals surface area contributed by atoms with Crippen molar-refractivity contribution in [3.05, 3.63) is 29.8 Å². The number of hydrogen-bond acceptors (Lipinski definition) is 6. The summed E-state index contributed by atoms with van der Waals surface area (Å²) in [6.45, 7) is 2.34.